The molecular weight excluding hydrogens is 342 g/mol. The van der Waals surface area contributed by atoms with Crippen molar-refractivity contribution in [1.82, 2.24) is 15.6 Å². The molecule has 0 saturated heterocycles. The maximum atomic E-state index is 12.1. The Bertz CT molecular complexity index is 836. The molecular formula is C17H17N3O2S2. The van der Waals surface area contributed by atoms with Crippen LogP contribution in [-0.4, -0.2) is 29.9 Å². The summed E-state index contributed by atoms with van der Waals surface area (Å²) < 4.78 is 1.12. The van der Waals surface area contributed by atoms with Crippen LogP contribution in [0.5, 0.6) is 0 Å². The van der Waals surface area contributed by atoms with E-state index >= 15 is 0 Å². The van der Waals surface area contributed by atoms with Crippen LogP contribution in [0.4, 0.5) is 0 Å². The average molecular weight is 359 g/mol. The molecule has 1 aromatic carbocycles. The number of fused-ring (bicyclic) bond motifs is 1. The standard InChI is InChI=1S/C17H17N3O2S2/c1-2-9-18-15(21)10-19-16(22)13-7-8-14(23-13)17-20-11-5-3-4-6-12(11)24-17/h3-8H,2,9-10H2,1H3,(H,18,21)(H,19,22). The van der Waals surface area contributed by atoms with E-state index in [0.717, 1.165) is 26.5 Å². The number of thiophene rings is 1. The summed E-state index contributed by atoms with van der Waals surface area (Å²) in [6.45, 7) is 2.59. The first-order valence-corrected chi connectivity index (χ1v) is 9.31. The molecule has 3 aromatic rings. The van der Waals surface area contributed by atoms with E-state index < -0.39 is 0 Å². The van der Waals surface area contributed by atoms with Crippen LogP contribution in [0.3, 0.4) is 0 Å². The number of benzene rings is 1. The number of para-hydroxylation sites is 1. The van der Waals surface area contributed by atoms with Crippen molar-refractivity contribution in [3.05, 3.63) is 41.3 Å². The van der Waals surface area contributed by atoms with Crippen molar-refractivity contribution in [2.45, 2.75) is 13.3 Å². The first-order valence-electron chi connectivity index (χ1n) is 7.68. The summed E-state index contributed by atoms with van der Waals surface area (Å²) in [5.41, 5.74) is 0.962. The van der Waals surface area contributed by atoms with Crippen molar-refractivity contribution in [2.75, 3.05) is 13.1 Å². The molecule has 0 radical (unpaired) electrons. The zero-order valence-corrected chi connectivity index (χ0v) is 14.8. The predicted octanol–water partition coefficient (Wildman–Crippen LogP) is 3.28. The normalized spacial score (nSPS) is 10.7. The Balaban J connectivity index is 1.66. The molecule has 24 heavy (non-hydrogen) atoms. The second-order valence-electron chi connectivity index (χ2n) is 5.18. The van der Waals surface area contributed by atoms with E-state index in [1.54, 1.807) is 17.4 Å². The van der Waals surface area contributed by atoms with Gasteiger partial charge in [-0.2, -0.15) is 0 Å². The first kappa shape index (κ1) is 16.6. The highest BCUT2D eigenvalue weighted by atomic mass is 32.1. The zero-order valence-electron chi connectivity index (χ0n) is 13.2. The predicted molar refractivity (Wildman–Crippen MR) is 98.6 cm³/mol. The van der Waals surface area contributed by atoms with E-state index in [4.69, 9.17) is 0 Å². The highest BCUT2D eigenvalue weighted by Gasteiger charge is 2.13. The van der Waals surface area contributed by atoms with Gasteiger partial charge in [0.15, 0.2) is 0 Å². The summed E-state index contributed by atoms with van der Waals surface area (Å²) in [5.74, 6) is -0.410. The minimum Gasteiger partial charge on any atom is -0.355 e. The number of amides is 2. The molecule has 5 nitrogen and oxygen atoms in total. The smallest absolute Gasteiger partial charge is 0.261 e. The molecule has 0 saturated carbocycles. The van der Waals surface area contributed by atoms with Gasteiger partial charge in [-0.1, -0.05) is 19.1 Å². The lowest BCUT2D eigenvalue weighted by Crippen LogP contribution is -2.36. The number of aromatic nitrogens is 1. The van der Waals surface area contributed by atoms with Gasteiger partial charge < -0.3 is 10.6 Å². The number of carbonyl (C=O) groups is 2. The largest absolute Gasteiger partial charge is 0.355 e. The summed E-state index contributed by atoms with van der Waals surface area (Å²) in [6.07, 6.45) is 0.871. The van der Waals surface area contributed by atoms with Crippen molar-refractivity contribution in [3.8, 4) is 9.88 Å². The van der Waals surface area contributed by atoms with Crippen molar-refractivity contribution in [2.24, 2.45) is 0 Å². The molecule has 3 rings (SSSR count). The molecule has 0 spiro atoms. The van der Waals surface area contributed by atoms with Gasteiger partial charge in [-0.15, -0.1) is 22.7 Å². The fourth-order valence-corrected chi connectivity index (χ4v) is 4.07. The van der Waals surface area contributed by atoms with Crippen LogP contribution in [0, 0.1) is 0 Å². The fourth-order valence-electron chi connectivity index (χ4n) is 2.13. The number of carbonyl (C=O) groups excluding carboxylic acids is 2. The van der Waals surface area contributed by atoms with Gasteiger partial charge in [0, 0.05) is 6.54 Å². The molecule has 2 amide bonds. The quantitative estimate of drug-likeness (QED) is 0.709. The van der Waals surface area contributed by atoms with E-state index in [9.17, 15) is 9.59 Å². The second kappa shape index (κ2) is 7.55. The van der Waals surface area contributed by atoms with Crippen molar-refractivity contribution in [3.63, 3.8) is 0 Å². The van der Waals surface area contributed by atoms with Crippen LogP contribution >= 0.6 is 22.7 Å². The summed E-state index contributed by atoms with van der Waals surface area (Å²) in [4.78, 5) is 29.8. The van der Waals surface area contributed by atoms with E-state index in [0.29, 0.717) is 11.4 Å². The van der Waals surface area contributed by atoms with E-state index in [2.05, 4.69) is 15.6 Å². The Morgan fingerprint density at radius 3 is 2.71 bits per heavy atom. The molecule has 2 N–H and O–H groups in total. The van der Waals surface area contributed by atoms with Gasteiger partial charge in [0.2, 0.25) is 5.91 Å². The van der Waals surface area contributed by atoms with Gasteiger partial charge in [0.1, 0.15) is 5.01 Å². The van der Waals surface area contributed by atoms with Crippen molar-refractivity contribution < 1.29 is 9.59 Å². The number of thiazole rings is 1. The lowest BCUT2D eigenvalue weighted by molar-refractivity contribution is -0.120. The van der Waals surface area contributed by atoms with Gasteiger partial charge in [-0.05, 0) is 30.7 Å². The summed E-state index contributed by atoms with van der Waals surface area (Å²) in [7, 11) is 0. The Labute approximate surface area is 147 Å². The van der Waals surface area contributed by atoms with Crippen LogP contribution < -0.4 is 10.6 Å². The first-order chi connectivity index (χ1) is 11.7. The van der Waals surface area contributed by atoms with E-state index in [1.165, 1.54) is 11.3 Å². The van der Waals surface area contributed by atoms with Gasteiger partial charge in [-0.25, -0.2) is 4.98 Å². The van der Waals surface area contributed by atoms with Crippen LogP contribution in [0.15, 0.2) is 36.4 Å². The summed E-state index contributed by atoms with van der Waals surface area (Å²) in [6, 6.07) is 11.6. The molecule has 2 heterocycles. The van der Waals surface area contributed by atoms with Crippen LogP contribution in [-0.2, 0) is 4.79 Å². The lowest BCUT2D eigenvalue weighted by atomic mass is 10.3. The van der Waals surface area contributed by atoms with Gasteiger partial charge in [0.05, 0.1) is 26.5 Å². The molecule has 0 aliphatic heterocycles. The second-order valence-corrected chi connectivity index (χ2v) is 7.30. The third-order valence-corrected chi connectivity index (χ3v) is 5.61. The third-order valence-electron chi connectivity index (χ3n) is 3.32. The Kier molecular flexibility index (Phi) is 5.22. The van der Waals surface area contributed by atoms with Crippen LogP contribution in [0.1, 0.15) is 23.0 Å². The third kappa shape index (κ3) is 3.80. The molecule has 0 unspecified atom stereocenters. The van der Waals surface area contributed by atoms with Crippen LogP contribution in [0.25, 0.3) is 20.1 Å². The summed E-state index contributed by atoms with van der Waals surface area (Å²) >= 11 is 2.99. The number of hydrogen-bond donors (Lipinski definition) is 2. The molecule has 2 aromatic heterocycles. The van der Waals surface area contributed by atoms with Gasteiger partial charge in [-0.3, -0.25) is 9.59 Å². The molecule has 0 aliphatic carbocycles. The van der Waals surface area contributed by atoms with Gasteiger partial charge >= 0.3 is 0 Å². The van der Waals surface area contributed by atoms with Crippen molar-refractivity contribution in [1.29, 1.82) is 0 Å². The SMILES string of the molecule is CCCNC(=O)CNC(=O)c1ccc(-c2nc3ccccc3s2)s1. The molecule has 7 heteroatoms. The number of rotatable bonds is 6. The number of nitrogens with zero attached hydrogens (tertiary/aromatic N) is 1. The maximum Gasteiger partial charge on any atom is 0.261 e. The maximum absolute atomic E-state index is 12.1. The highest BCUT2D eigenvalue weighted by Crippen LogP contribution is 2.34. The van der Waals surface area contributed by atoms with E-state index in [-0.39, 0.29) is 18.4 Å². The average Bonchev–Trinajstić information content (AvgIpc) is 3.23. The zero-order chi connectivity index (χ0) is 16.9. The molecule has 0 atom stereocenters. The Morgan fingerprint density at radius 1 is 1.08 bits per heavy atom. The van der Waals surface area contributed by atoms with Gasteiger partial charge in [0.25, 0.3) is 5.91 Å². The van der Waals surface area contributed by atoms with Crippen molar-refractivity contribution >= 4 is 44.7 Å². The minimum absolute atomic E-state index is 0.00674. The molecule has 0 bridgehead atoms. The Hall–Kier alpha value is -2.25. The lowest BCUT2D eigenvalue weighted by Gasteiger charge is -2.04. The fraction of sp³-hybridized carbons (Fsp3) is 0.235. The molecule has 124 valence electrons. The molecule has 0 fully saturated rings. The molecule has 0 aliphatic rings. The monoisotopic (exact) mass is 359 g/mol. The summed E-state index contributed by atoms with van der Waals surface area (Å²) in [5, 5.41) is 6.27. The number of hydrogen-bond acceptors (Lipinski definition) is 5. The minimum atomic E-state index is -0.237. The Morgan fingerprint density at radius 2 is 1.92 bits per heavy atom. The highest BCUT2D eigenvalue weighted by molar-refractivity contribution is 7.26. The topological polar surface area (TPSA) is 71.1 Å². The van der Waals surface area contributed by atoms with E-state index in [1.807, 2.05) is 37.3 Å². The van der Waals surface area contributed by atoms with Crippen LogP contribution in [0.2, 0.25) is 0 Å². The number of nitrogens with one attached hydrogen (secondary N) is 2.